The first kappa shape index (κ1) is 23.9. The summed E-state index contributed by atoms with van der Waals surface area (Å²) in [5, 5.41) is 0. The Morgan fingerprint density at radius 1 is 0.846 bits per heavy atom. The van der Waals surface area contributed by atoms with Gasteiger partial charge in [-0.15, -0.1) is 0 Å². The van der Waals surface area contributed by atoms with Crippen LogP contribution in [0.1, 0.15) is 34.1 Å². The van der Waals surface area contributed by atoms with Crippen molar-refractivity contribution in [3.05, 3.63) is 12.2 Å². The monoisotopic (exact) mass is 386 g/mol. The molecule has 0 atom stereocenters. The third-order valence-electron chi connectivity index (χ3n) is 3.34. The number of alkyl halides is 4. The lowest BCUT2D eigenvalue weighted by Gasteiger charge is -2.31. The van der Waals surface area contributed by atoms with Gasteiger partial charge in [-0.1, -0.05) is 13.5 Å². The molecule has 0 N–H and O–H groups in total. The smallest absolute Gasteiger partial charge is 0.376 e. The van der Waals surface area contributed by atoms with Gasteiger partial charge in [-0.05, 0) is 13.3 Å². The van der Waals surface area contributed by atoms with Crippen LogP contribution in [0.15, 0.2) is 12.2 Å². The fourth-order valence-electron chi connectivity index (χ4n) is 1.46. The van der Waals surface area contributed by atoms with E-state index in [1.807, 2.05) is 0 Å². The van der Waals surface area contributed by atoms with E-state index in [0.29, 0.717) is 13.8 Å². The Kier molecular flexibility index (Phi) is 8.26. The van der Waals surface area contributed by atoms with Crippen LogP contribution in [-0.4, -0.2) is 49.6 Å². The molecule has 0 aromatic rings. The topological polar surface area (TPSA) is 78.9 Å². The first-order chi connectivity index (χ1) is 11.6. The van der Waals surface area contributed by atoms with Crippen LogP contribution in [0.5, 0.6) is 0 Å². The zero-order valence-corrected chi connectivity index (χ0v) is 15.0. The fraction of sp³-hybridized carbons (Fsp3) is 0.688. The molecule has 0 aliphatic carbocycles. The van der Waals surface area contributed by atoms with Crippen molar-refractivity contribution in [1.29, 1.82) is 0 Å². The Morgan fingerprint density at radius 2 is 1.19 bits per heavy atom. The lowest BCUT2D eigenvalue weighted by atomic mass is 9.88. The molecule has 10 heteroatoms. The largest absolute Gasteiger partial charge is 0.461 e. The van der Waals surface area contributed by atoms with E-state index in [4.69, 9.17) is 4.74 Å². The van der Waals surface area contributed by atoms with Gasteiger partial charge in [-0.25, -0.2) is 14.4 Å². The molecule has 0 aliphatic rings. The lowest BCUT2D eigenvalue weighted by molar-refractivity contribution is -0.183. The van der Waals surface area contributed by atoms with Crippen LogP contribution in [0.4, 0.5) is 17.6 Å². The van der Waals surface area contributed by atoms with Gasteiger partial charge in [-0.2, -0.15) is 17.6 Å². The fourth-order valence-corrected chi connectivity index (χ4v) is 1.46. The van der Waals surface area contributed by atoms with Gasteiger partial charge in [0.15, 0.2) is 0 Å². The van der Waals surface area contributed by atoms with Gasteiger partial charge in [0.1, 0.15) is 19.8 Å². The molecule has 0 saturated carbocycles. The maximum atomic E-state index is 12.9. The van der Waals surface area contributed by atoms with Crippen molar-refractivity contribution in [2.45, 2.75) is 46.0 Å². The number of carbonyl (C=O) groups is 3. The van der Waals surface area contributed by atoms with Crippen LogP contribution in [0.2, 0.25) is 0 Å². The highest BCUT2D eigenvalue weighted by Gasteiger charge is 2.41. The highest BCUT2D eigenvalue weighted by molar-refractivity contribution is 5.87. The quantitative estimate of drug-likeness (QED) is 0.249. The van der Waals surface area contributed by atoms with Gasteiger partial charge in [0.2, 0.25) is 0 Å². The molecule has 6 nitrogen and oxygen atoms in total. The van der Waals surface area contributed by atoms with Crippen LogP contribution in [-0.2, 0) is 28.6 Å². The highest BCUT2D eigenvalue weighted by atomic mass is 19.3. The summed E-state index contributed by atoms with van der Waals surface area (Å²) < 4.78 is 65.6. The van der Waals surface area contributed by atoms with E-state index in [0.717, 1.165) is 0 Å². The third kappa shape index (κ3) is 7.83. The van der Waals surface area contributed by atoms with Gasteiger partial charge in [0.05, 0.1) is 5.41 Å². The molecule has 0 bridgehead atoms. The summed E-state index contributed by atoms with van der Waals surface area (Å²) in [4.78, 5) is 34.0. The molecule has 26 heavy (non-hydrogen) atoms. The summed E-state index contributed by atoms with van der Waals surface area (Å²) in [5.74, 6) is -12.1. The van der Waals surface area contributed by atoms with Crippen LogP contribution in [0, 0.1) is 5.41 Å². The number of carbonyl (C=O) groups excluding carboxylic acids is 3. The van der Waals surface area contributed by atoms with Crippen LogP contribution < -0.4 is 0 Å². The van der Waals surface area contributed by atoms with E-state index >= 15 is 0 Å². The number of hydrogen-bond donors (Lipinski definition) is 0. The molecular weight excluding hydrogens is 364 g/mol. The van der Waals surface area contributed by atoms with Crippen molar-refractivity contribution in [1.82, 2.24) is 0 Å². The van der Waals surface area contributed by atoms with E-state index in [1.165, 1.54) is 13.8 Å². The second-order valence-corrected chi connectivity index (χ2v) is 6.14. The van der Waals surface area contributed by atoms with E-state index in [1.54, 1.807) is 0 Å². The third-order valence-corrected chi connectivity index (χ3v) is 3.34. The Morgan fingerprint density at radius 3 is 1.46 bits per heavy atom. The molecule has 0 aromatic carbocycles. The van der Waals surface area contributed by atoms with Gasteiger partial charge < -0.3 is 14.2 Å². The predicted octanol–water partition coefficient (Wildman–Crippen LogP) is 2.90. The summed E-state index contributed by atoms with van der Waals surface area (Å²) >= 11 is 0. The van der Waals surface area contributed by atoms with Crippen molar-refractivity contribution in [2.75, 3.05) is 19.8 Å². The Balaban J connectivity index is 5.25. The van der Waals surface area contributed by atoms with Crippen LogP contribution in [0.25, 0.3) is 0 Å². The molecule has 0 saturated heterocycles. The molecule has 0 aromatic heterocycles. The molecule has 0 amide bonds. The van der Waals surface area contributed by atoms with Crippen molar-refractivity contribution >= 4 is 17.9 Å². The lowest BCUT2D eigenvalue weighted by Crippen LogP contribution is -2.42. The van der Waals surface area contributed by atoms with Crippen molar-refractivity contribution < 1.29 is 46.2 Å². The average molecular weight is 386 g/mol. The number of halogens is 4. The molecule has 150 valence electrons. The summed E-state index contributed by atoms with van der Waals surface area (Å²) in [6.07, 6.45) is 0.00159. The van der Waals surface area contributed by atoms with Gasteiger partial charge in [0, 0.05) is 19.4 Å². The normalized spacial score (nSPS) is 12.3. The van der Waals surface area contributed by atoms with E-state index in [9.17, 15) is 31.9 Å². The molecule has 0 heterocycles. The van der Waals surface area contributed by atoms with Crippen molar-refractivity contribution in [3.8, 4) is 0 Å². The summed E-state index contributed by atoms with van der Waals surface area (Å²) in [6.45, 7) is 4.83. The maximum Gasteiger partial charge on any atom is 0.376 e. The Hall–Kier alpha value is -2.13. The van der Waals surface area contributed by atoms with E-state index < -0.39 is 55.0 Å². The zero-order valence-electron chi connectivity index (χ0n) is 15.0. The number of hydrogen-bond acceptors (Lipinski definition) is 6. The second-order valence-electron chi connectivity index (χ2n) is 6.14. The van der Waals surface area contributed by atoms with Crippen LogP contribution >= 0.6 is 0 Å². The average Bonchev–Trinajstić information content (AvgIpc) is 2.51. The molecule has 0 radical (unpaired) electrons. The molecule has 0 aliphatic heterocycles. The molecular formula is C16H22F4O6. The molecule has 0 fully saturated rings. The van der Waals surface area contributed by atoms with Crippen LogP contribution in [0.3, 0.4) is 0 Å². The minimum atomic E-state index is -3.78. The number of esters is 3. The number of ether oxygens (including phenoxy) is 3. The first-order valence-corrected chi connectivity index (χ1v) is 7.57. The summed E-state index contributed by atoms with van der Waals surface area (Å²) in [7, 11) is 0. The zero-order chi connectivity index (χ0) is 20.8. The highest BCUT2D eigenvalue weighted by Crippen LogP contribution is 2.27. The molecule has 0 rings (SSSR count). The van der Waals surface area contributed by atoms with Crippen molar-refractivity contribution in [2.24, 2.45) is 5.41 Å². The maximum absolute atomic E-state index is 12.9. The van der Waals surface area contributed by atoms with E-state index in [2.05, 4.69) is 16.1 Å². The number of rotatable bonds is 10. The Bertz CT molecular complexity index is 518. The SMILES string of the molecule is C=C(C)C(=O)OCC(CC)(COC(=O)C(C)(F)F)COC(=O)C(C)(F)F. The predicted molar refractivity (Wildman–Crippen MR) is 81.7 cm³/mol. The standard InChI is InChI=1S/C16H22F4O6/c1-6-16(7-24-11(21)10(2)3,8-25-12(22)14(4,17)18)9-26-13(23)15(5,19)20/h2,6-9H2,1,3-5H3. The summed E-state index contributed by atoms with van der Waals surface area (Å²) in [5.41, 5.74) is -1.45. The molecule has 0 unspecified atom stereocenters. The van der Waals surface area contributed by atoms with Gasteiger partial charge in [-0.3, -0.25) is 0 Å². The minimum absolute atomic E-state index is 0.00159. The molecule has 0 spiro atoms. The second kappa shape index (κ2) is 9.00. The van der Waals surface area contributed by atoms with E-state index in [-0.39, 0.29) is 12.0 Å². The first-order valence-electron chi connectivity index (χ1n) is 7.57. The minimum Gasteiger partial charge on any atom is -0.461 e. The van der Waals surface area contributed by atoms with Gasteiger partial charge >= 0.3 is 29.8 Å². The summed E-state index contributed by atoms with van der Waals surface area (Å²) in [6, 6.07) is 0. The Labute approximate surface area is 148 Å². The van der Waals surface area contributed by atoms with Gasteiger partial charge in [0.25, 0.3) is 0 Å². The van der Waals surface area contributed by atoms with Crippen molar-refractivity contribution in [3.63, 3.8) is 0 Å².